The number of carbonyl (C=O) groups excluding carboxylic acids is 2. The molecule has 0 bridgehead atoms. The molecule has 1 aliphatic rings. The van der Waals surface area contributed by atoms with E-state index in [0.29, 0.717) is 16.6 Å². The maximum Gasteiger partial charge on any atom is 0.299 e. The summed E-state index contributed by atoms with van der Waals surface area (Å²) in [4.78, 5) is 25.6. The monoisotopic (exact) mass is 339 g/mol. The average Bonchev–Trinajstić information content (AvgIpc) is 3.16. The van der Waals surface area contributed by atoms with Crippen molar-refractivity contribution in [2.75, 3.05) is 4.90 Å². The highest BCUT2D eigenvalue weighted by Gasteiger charge is 2.36. The molecule has 118 valence electrons. The molecular formula is C17H10ClN3O3. The van der Waals surface area contributed by atoms with Crippen molar-refractivity contribution in [1.29, 1.82) is 0 Å². The Balaban J connectivity index is 1.64. The van der Waals surface area contributed by atoms with E-state index in [4.69, 9.17) is 16.0 Å². The van der Waals surface area contributed by atoms with E-state index in [9.17, 15) is 9.59 Å². The first-order valence-electron chi connectivity index (χ1n) is 7.17. The van der Waals surface area contributed by atoms with E-state index in [1.165, 1.54) is 11.0 Å². The molecule has 1 aromatic heterocycles. The third-order valence-electron chi connectivity index (χ3n) is 3.71. The molecule has 4 rings (SSSR count). The van der Waals surface area contributed by atoms with Crippen LogP contribution in [0.15, 0.2) is 52.9 Å². The second kappa shape index (κ2) is 5.58. The van der Waals surface area contributed by atoms with Crippen LogP contribution in [0.4, 0.5) is 5.69 Å². The Morgan fingerprint density at radius 2 is 1.83 bits per heavy atom. The topological polar surface area (TPSA) is 76.3 Å². The number of nitrogens with zero attached hydrogens (tertiary/aromatic N) is 3. The highest BCUT2D eigenvalue weighted by atomic mass is 35.5. The van der Waals surface area contributed by atoms with Gasteiger partial charge in [0.05, 0.1) is 11.3 Å². The normalized spacial score (nSPS) is 13.5. The minimum absolute atomic E-state index is 0.0268. The molecule has 0 aliphatic carbocycles. The van der Waals surface area contributed by atoms with Gasteiger partial charge in [-0.05, 0) is 30.3 Å². The van der Waals surface area contributed by atoms with Gasteiger partial charge in [0.2, 0.25) is 11.8 Å². The van der Waals surface area contributed by atoms with E-state index in [1.807, 2.05) is 30.3 Å². The Kier molecular flexibility index (Phi) is 3.39. The van der Waals surface area contributed by atoms with E-state index in [0.717, 1.165) is 5.56 Å². The molecule has 0 saturated heterocycles. The predicted octanol–water partition coefficient (Wildman–Crippen LogP) is 3.12. The van der Waals surface area contributed by atoms with Gasteiger partial charge in [-0.3, -0.25) is 14.5 Å². The van der Waals surface area contributed by atoms with Crippen LogP contribution in [0.25, 0.3) is 11.5 Å². The van der Waals surface area contributed by atoms with E-state index >= 15 is 0 Å². The molecular weight excluding hydrogens is 330 g/mol. The standard InChI is InChI=1S/C17H10ClN3O3/c18-11-6-7-13-12(8-11)15(22)17(23)21(13)9-14-19-20-16(24-14)10-4-2-1-3-5-10/h1-8H,9H2. The van der Waals surface area contributed by atoms with E-state index in [-0.39, 0.29) is 18.0 Å². The van der Waals surface area contributed by atoms with Gasteiger partial charge in [-0.1, -0.05) is 29.8 Å². The number of amides is 1. The number of hydrogen-bond acceptors (Lipinski definition) is 5. The number of rotatable bonds is 3. The van der Waals surface area contributed by atoms with Gasteiger partial charge in [-0.2, -0.15) is 0 Å². The summed E-state index contributed by atoms with van der Waals surface area (Å²) in [6, 6.07) is 14.1. The predicted molar refractivity (Wildman–Crippen MR) is 86.7 cm³/mol. The van der Waals surface area contributed by atoms with Crippen molar-refractivity contribution in [2.24, 2.45) is 0 Å². The van der Waals surface area contributed by atoms with Crippen LogP contribution in [0.3, 0.4) is 0 Å². The van der Waals surface area contributed by atoms with Gasteiger partial charge >= 0.3 is 0 Å². The largest absolute Gasteiger partial charge is 0.419 e. The maximum absolute atomic E-state index is 12.2. The summed E-state index contributed by atoms with van der Waals surface area (Å²) in [5, 5.41) is 8.34. The van der Waals surface area contributed by atoms with Crippen molar-refractivity contribution < 1.29 is 14.0 Å². The number of halogens is 1. The first kappa shape index (κ1) is 14.6. The number of benzene rings is 2. The average molecular weight is 340 g/mol. The zero-order chi connectivity index (χ0) is 16.7. The fourth-order valence-electron chi connectivity index (χ4n) is 2.58. The Hall–Kier alpha value is -2.99. The highest BCUT2D eigenvalue weighted by molar-refractivity contribution is 6.52. The number of Topliss-reactive ketones (excluding diaryl/α,β-unsaturated/α-hetero) is 1. The van der Waals surface area contributed by atoms with Gasteiger partial charge in [-0.15, -0.1) is 10.2 Å². The van der Waals surface area contributed by atoms with Crippen LogP contribution in [0, 0.1) is 0 Å². The number of carbonyl (C=O) groups is 2. The zero-order valence-corrected chi connectivity index (χ0v) is 13.0. The Bertz CT molecular complexity index is 953. The van der Waals surface area contributed by atoms with Crippen LogP contribution in [0.2, 0.25) is 5.02 Å². The molecule has 0 atom stereocenters. The quantitative estimate of drug-likeness (QED) is 0.685. The SMILES string of the molecule is O=C1C(=O)N(Cc2nnc(-c3ccccc3)o2)c2ccc(Cl)cc21. The third kappa shape index (κ3) is 2.37. The van der Waals surface area contributed by atoms with E-state index < -0.39 is 11.7 Å². The molecule has 0 unspecified atom stereocenters. The Morgan fingerprint density at radius 1 is 1.04 bits per heavy atom. The van der Waals surface area contributed by atoms with Crippen molar-refractivity contribution in [3.8, 4) is 11.5 Å². The lowest BCUT2D eigenvalue weighted by molar-refractivity contribution is -0.114. The summed E-state index contributed by atoms with van der Waals surface area (Å²) in [5.74, 6) is -0.611. The smallest absolute Gasteiger partial charge is 0.299 e. The van der Waals surface area contributed by atoms with Gasteiger partial charge in [0.25, 0.3) is 11.7 Å². The summed E-state index contributed by atoms with van der Waals surface area (Å²) in [5.41, 5.74) is 1.57. The fraction of sp³-hybridized carbons (Fsp3) is 0.0588. The van der Waals surface area contributed by atoms with Gasteiger partial charge in [0.15, 0.2) is 0 Å². The van der Waals surface area contributed by atoms with Crippen molar-refractivity contribution in [2.45, 2.75) is 6.54 Å². The number of anilines is 1. The minimum Gasteiger partial charge on any atom is -0.419 e. The molecule has 0 fully saturated rings. The van der Waals surface area contributed by atoms with E-state index in [1.54, 1.807) is 12.1 Å². The van der Waals surface area contributed by atoms with Gasteiger partial charge in [0.1, 0.15) is 6.54 Å². The molecule has 24 heavy (non-hydrogen) atoms. The first-order chi connectivity index (χ1) is 11.6. The molecule has 0 spiro atoms. The summed E-state index contributed by atoms with van der Waals surface area (Å²) in [6.45, 7) is 0.0268. The number of hydrogen-bond donors (Lipinski definition) is 0. The molecule has 2 heterocycles. The molecule has 0 N–H and O–H groups in total. The molecule has 7 heteroatoms. The van der Waals surface area contributed by atoms with Crippen LogP contribution in [0.5, 0.6) is 0 Å². The van der Waals surface area contributed by atoms with Crippen LogP contribution in [-0.2, 0) is 11.3 Å². The van der Waals surface area contributed by atoms with Crippen molar-refractivity contribution >= 4 is 29.0 Å². The summed E-state index contributed by atoms with van der Waals surface area (Å²) in [6.07, 6.45) is 0. The van der Waals surface area contributed by atoms with Gasteiger partial charge in [-0.25, -0.2) is 0 Å². The summed E-state index contributed by atoms with van der Waals surface area (Å²) >= 11 is 5.89. The van der Waals surface area contributed by atoms with Gasteiger partial charge in [0, 0.05) is 10.6 Å². The first-order valence-corrected chi connectivity index (χ1v) is 7.55. The van der Waals surface area contributed by atoms with Crippen LogP contribution < -0.4 is 4.90 Å². The lowest BCUT2D eigenvalue weighted by atomic mass is 10.1. The Morgan fingerprint density at radius 3 is 2.62 bits per heavy atom. The minimum atomic E-state index is -0.633. The molecule has 1 amide bonds. The van der Waals surface area contributed by atoms with Crippen LogP contribution >= 0.6 is 11.6 Å². The van der Waals surface area contributed by atoms with E-state index in [2.05, 4.69) is 10.2 Å². The molecule has 2 aromatic carbocycles. The van der Waals surface area contributed by atoms with Crippen LogP contribution in [0.1, 0.15) is 16.2 Å². The molecule has 6 nitrogen and oxygen atoms in total. The Labute approximate surface area is 141 Å². The second-order valence-electron chi connectivity index (χ2n) is 5.25. The number of ketones is 1. The maximum atomic E-state index is 12.2. The number of fused-ring (bicyclic) bond motifs is 1. The highest BCUT2D eigenvalue weighted by Crippen LogP contribution is 2.32. The van der Waals surface area contributed by atoms with Crippen molar-refractivity contribution in [1.82, 2.24) is 10.2 Å². The molecule has 0 saturated carbocycles. The fourth-order valence-corrected chi connectivity index (χ4v) is 2.75. The zero-order valence-electron chi connectivity index (χ0n) is 12.3. The summed E-state index contributed by atoms with van der Waals surface area (Å²) in [7, 11) is 0. The van der Waals surface area contributed by atoms with Crippen LogP contribution in [-0.4, -0.2) is 21.9 Å². The van der Waals surface area contributed by atoms with Crippen molar-refractivity contribution in [3.05, 3.63) is 65.0 Å². The third-order valence-corrected chi connectivity index (χ3v) is 3.95. The summed E-state index contributed by atoms with van der Waals surface area (Å²) < 4.78 is 5.60. The van der Waals surface area contributed by atoms with Gasteiger partial charge < -0.3 is 4.42 Å². The molecule has 3 aromatic rings. The van der Waals surface area contributed by atoms with Crippen molar-refractivity contribution in [3.63, 3.8) is 0 Å². The number of aromatic nitrogens is 2. The second-order valence-corrected chi connectivity index (χ2v) is 5.69. The lowest BCUT2D eigenvalue weighted by Gasteiger charge is -2.13. The molecule has 1 aliphatic heterocycles. The lowest BCUT2D eigenvalue weighted by Crippen LogP contribution is -2.29. The molecule has 0 radical (unpaired) electrons.